The summed E-state index contributed by atoms with van der Waals surface area (Å²) in [6.07, 6.45) is 4.70. The van der Waals surface area contributed by atoms with Crippen LogP contribution in [0.1, 0.15) is 46.0 Å². The number of hydrogen-bond acceptors (Lipinski definition) is 3. The van der Waals surface area contributed by atoms with Crippen LogP contribution in [0.4, 0.5) is 0 Å². The molecule has 1 atom stereocenters. The summed E-state index contributed by atoms with van der Waals surface area (Å²) in [7, 11) is 0. The minimum Gasteiger partial charge on any atom is -0.480 e. The summed E-state index contributed by atoms with van der Waals surface area (Å²) in [4.78, 5) is 11.5. The van der Waals surface area contributed by atoms with Gasteiger partial charge >= 0.3 is 5.97 Å². The van der Waals surface area contributed by atoms with E-state index in [0.29, 0.717) is 6.04 Å². The molecule has 2 N–H and O–H groups in total. The van der Waals surface area contributed by atoms with E-state index in [2.05, 4.69) is 19.2 Å². The van der Waals surface area contributed by atoms with Gasteiger partial charge in [-0.25, -0.2) is 0 Å². The summed E-state index contributed by atoms with van der Waals surface area (Å²) in [6.45, 7) is 4.27. The Morgan fingerprint density at radius 3 is 2.50 bits per heavy atom. The number of carboxylic acids is 1. The normalized spacial score (nSPS) is 21.6. The van der Waals surface area contributed by atoms with Crippen molar-refractivity contribution in [3.63, 3.8) is 0 Å². The maximum Gasteiger partial charge on any atom is 0.323 e. The molecule has 1 aliphatic rings. The Morgan fingerprint density at radius 2 is 2.06 bits per heavy atom. The van der Waals surface area contributed by atoms with Gasteiger partial charge in [0, 0.05) is 6.04 Å². The molecule has 0 amide bonds. The minimum absolute atomic E-state index is 0.351. The average molecular weight is 245 g/mol. The van der Waals surface area contributed by atoms with Crippen molar-refractivity contribution in [2.45, 2.75) is 57.5 Å². The van der Waals surface area contributed by atoms with Crippen molar-refractivity contribution in [1.82, 2.24) is 5.32 Å². The number of nitrogens with one attached hydrogen (secondary N) is 1. The molecule has 0 bridgehead atoms. The molecule has 94 valence electrons. The molecule has 1 aliphatic heterocycles. The maximum absolute atomic E-state index is 11.5. The van der Waals surface area contributed by atoms with Crippen LogP contribution >= 0.6 is 11.8 Å². The maximum atomic E-state index is 11.5. The van der Waals surface area contributed by atoms with Gasteiger partial charge in [0.05, 0.1) is 0 Å². The Morgan fingerprint density at radius 1 is 1.44 bits per heavy atom. The first-order valence-corrected chi connectivity index (χ1v) is 7.39. The van der Waals surface area contributed by atoms with Gasteiger partial charge in [-0.15, -0.1) is 0 Å². The third-order valence-electron chi connectivity index (χ3n) is 3.37. The highest BCUT2D eigenvalue weighted by Gasteiger charge is 2.40. The second kappa shape index (κ2) is 6.50. The first kappa shape index (κ1) is 13.8. The lowest BCUT2D eigenvalue weighted by Gasteiger charge is -2.37. The van der Waals surface area contributed by atoms with E-state index in [1.165, 1.54) is 0 Å². The van der Waals surface area contributed by atoms with Crippen LogP contribution in [0.25, 0.3) is 0 Å². The quantitative estimate of drug-likeness (QED) is 0.755. The van der Waals surface area contributed by atoms with Crippen LogP contribution in [0.3, 0.4) is 0 Å². The summed E-state index contributed by atoms with van der Waals surface area (Å²) >= 11 is 1.86. The summed E-state index contributed by atoms with van der Waals surface area (Å²) in [6, 6.07) is 0.351. The van der Waals surface area contributed by atoms with Crippen LogP contribution in [-0.4, -0.2) is 34.2 Å². The second-order valence-electron chi connectivity index (χ2n) is 4.54. The van der Waals surface area contributed by atoms with Gasteiger partial charge in [0.2, 0.25) is 0 Å². The molecular weight excluding hydrogens is 222 g/mol. The fourth-order valence-corrected chi connectivity index (χ4v) is 3.45. The lowest BCUT2D eigenvalue weighted by Crippen LogP contribution is -2.57. The van der Waals surface area contributed by atoms with E-state index in [9.17, 15) is 9.90 Å². The second-order valence-corrected chi connectivity index (χ2v) is 5.76. The number of rotatable bonds is 6. The molecule has 0 aromatic heterocycles. The minimum atomic E-state index is -0.664. The highest BCUT2D eigenvalue weighted by molar-refractivity contribution is 7.99. The van der Waals surface area contributed by atoms with Gasteiger partial charge in [-0.1, -0.05) is 20.3 Å². The molecule has 3 nitrogen and oxygen atoms in total. The zero-order chi connectivity index (χ0) is 12.0. The van der Waals surface area contributed by atoms with Crippen molar-refractivity contribution in [1.29, 1.82) is 0 Å². The molecular formula is C12H23NO2S. The topological polar surface area (TPSA) is 49.3 Å². The standard InChI is InChI=1S/C12H23NO2S/c1-3-5-10(4-2)13-12(11(14)15)6-8-16-9-7-12/h10,13H,3-9H2,1-2H3,(H,14,15). The molecule has 0 aromatic rings. The summed E-state index contributed by atoms with van der Waals surface area (Å²) in [5.74, 6) is 1.26. The smallest absolute Gasteiger partial charge is 0.323 e. The van der Waals surface area contributed by atoms with E-state index < -0.39 is 11.5 Å². The molecule has 0 aliphatic carbocycles. The Balaban J connectivity index is 2.65. The number of carbonyl (C=O) groups is 1. The molecule has 1 saturated heterocycles. The van der Waals surface area contributed by atoms with Gasteiger partial charge in [0.1, 0.15) is 5.54 Å². The van der Waals surface area contributed by atoms with Gasteiger partial charge < -0.3 is 5.11 Å². The first-order valence-electron chi connectivity index (χ1n) is 6.23. The predicted molar refractivity (Wildman–Crippen MR) is 69.0 cm³/mol. The summed E-state index contributed by atoms with van der Waals surface area (Å²) in [5.41, 5.74) is -0.652. The van der Waals surface area contributed by atoms with Crippen LogP contribution in [0, 0.1) is 0 Å². The monoisotopic (exact) mass is 245 g/mol. The average Bonchev–Trinajstić information content (AvgIpc) is 2.29. The Kier molecular flexibility index (Phi) is 5.62. The molecule has 1 unspecified atom stereocenters. The van der Waals surface area contributed by atoms with Gasteiger partial charge in [-0.3, -0.25) is 10.1 Å². The van der Waals surface area contributed by atoms with Crippen LogP contribution in [0.2, 0.25) is 0 Å². The lowest BCUT2D eigenvalue weighted by atomic mass is 9.90. The van der Waals surface area contributed by atoms with E-state index >= 15 is 0 Å². The molecule has 0 radical (unpaired) electrons. The Labute approximate surface area is 102 Å². The fourth-order valence-electron chi connectivity index (χ4n) is 2.26. The van der Waals surface area contributed by atoms with Crippen LogP contribution in [0.15, 0.2) is 0 Å². The van der Waals surface area contributed by atoms with Crippen LogP contribution < -0.4 is 5.32 Å². The van der Waals surface area contributed by atoms with E-state index in [1.54, 1.807) is 0 Å². The number of aliphatic carboxylic acids is 1. The largest absolute Gasteiger partial charge is 0.480 e. The van der Waals surface area contributed by atoms with Crippen molar-refractivity contribution in [3.8, 4) is 0 Å². The summed E-state index contributed by atoms with van der Waals surface area (Å²) in [5, 5.41) is 12.8. The molecule has 0 spiro atoms. The van der Waals surface area contributed by atoms with Gasteiger partial charge in [0.15, 0.2) is 0 Å². The lowest BCUT2D eigenvalue weighted by molar-refractivity contribution is -0.145. The van der Waals surface area contributed by atoms with Gasteiger partial charge in [-0.2, -0.15) is 11.8 Å². The van der Waals surface area contributed by atoms with Crippen molar-refractivity contribution in [2.75, 3.05) is 11.5 Å². The van der Waals surface area contributed by atoms with Crippen LogP contribution in [-0.2, 0) is 4.79 Å². The van der Waals surface area contributed by atoms with Gasteiger partial charge in [0.25, 0.3) is 0 Å². The number of hydrogen-bond donors (Lipinski definition) is 2. The van der Waals surface area contributed by atoms with Crippen LogP contribution in [0.5, 0.6) is 0 Å². The molecule has 1 rings (SSSR count). The Hall–Kier alpha value is -0.220. The Bertz CT molecular complexity index is 227. The number of carboxylic acid groups (broad SMARTS) is 1. The van der Waals surface area contributed by atoms with E-state index in [4.69, 9.17) is 0 Å². The number of thioether (sulfide) groups is 1. The van der Waals surface area contributed by atoms with Crippen molar-refractivity contribution in [2.24, 2.45) is 0 Å². The van der Waals surface area contributed by atoms with Crippen molar-refractivity contribution < 1.29 is 9.90 Å². The molecule has 1 heterocycles. The fraction of sp³-hybridized carbons (Fsp3) is 0.917. The highest BCUT2D eigenvalue weighted by Crippen LogP contribution is 2.28. The van der Waals surface area contributed by atoms with E-state index in [1.807, 2.05) is 11.8 Å². The van der Waals surface area contributed by atoms with Gasteiger partial charge in [-0.05, 0) is 37.2 Å². The molecule has 0 saturated carbocycles. The molecule has 16 heavy (non-hydrogen) atoms. The zero-order valence-corrected chi connectivity index (χ0v) is 11.1. The van der Waals surface area contributed by atoms with Crippen molar-refractivity contribution in [3.05, 3.63) is 0 Å². The molecule has 1 fully saturated rings. The molecule has 4 heteroatoms. The molecule has 0 aromatic carbocycles. The predicted octanol–water partition coefficient (Wildman–Crippen LogP) is 2.51. The first-order chi connectivity index (χ1) is 7.64. The summed E-state index contributed by atoms with van der Waals surface area (Å²) < 4.78 is 0. The van der Waals surface area contributed by atoms with E-state index in [0.717, 1.165) is 43.6 Å². The van der Waals surface area contributed by atoms with E-state index in [-0.39, 0.29) is 0 Å². The van der Waals surface area contributed by atoms with Crippen molar-refractivity contribution >= 4 is 17.7 Å². The third kappa shape index (κ3) is 3.39. The SMILES string of the molecule is CCCC(CC)NC1(C(=O)O)CCSCC1. The third-order valence-corrected chi connectivity index (χ3v) is 4.35. The highest BCUT2D eigenvalue weighted by atomic mass is 32.2. The zero-order valence-electron chi connectivity index (χ0n) is 10.3.